The van der Waals surface area contributed by atoms with Crippen LogP contribution < -0.4 is 10.6 Å². The van der Waals surface area contributed by atoms with Gasteiger partial charge in [-0.15, -0.1) is 0 Å². The number of carbonyl (C=O) groups excluding carboxylic acids is 1. The van der Waals surface area contributed by atoms with E-state index < -0.39 is 5.60 Å². The van der Waals surface area contributed by atoms with Gasteiger partial charge in [-0.3, -0.25) is 0 Å². The number of carbonyl (C=O) groups is 1. The molecule has 1 heterocycles. The summed E-state index contributed by atoms with van der Waals surface area (Å²) in [6, 6.07) is 4.56. The predicted octanol–water partition coefficient (Wildman–Crippen LogP) is 3.25. The van der Waals surface area contributed by atoms with Crippen molar-refractivity contribution in [2.75, 3.05) is 6.54 Å². The van der Waals surface area contributed by atoms with E-state index >= 15 is 0 Å². The van der Waals surface area contributed by atoms with Crippen LogP contribution in [0.15, 0.2) is 22.8 Å². The van der Waals surface area contributed by atoms with Crippen LogP contribution in [0, 0.1) is 0 Å². The van der Waals surface area contributed by atoms with Crippen LogP contribution in [0.3, 0.4) is 0 Å². The van der Waals surface area contributed by atoms with Crippen LogP contribution in [-0.4, -0.2) is 30.3 Å². The molecule has 5 heteroatoms. The van der Waals surface area contributed by atoms with Gasteiger partial charge < -0.3 is 19.8 Å². The Morgan fingerprint density at radius 2 is 2.14 bits per heavy atom. The highest BCUT2D eigenvalue weighted by atomic mass is 16.6. The van der Waals surface area contributed by atoms with E-state index in [-0.39, 0.29) is 12.1 Å². The summed E-state index contributed by atoms with van der Waals surface area (Å²) in [5, 5.41) is 6.55. The Morgan fingerprint density at radius 1 is 1.36 bits per heavy atom. The number of nitrogens with one attached hydrogen (secondary N) is 2. The van der Waals surface area contributed by atoms with Crippen LogP contribution in [0.4, 0.5) is 4.79 Å². The van der Waals surface area contributed by atoms with Gasteiger partial charge in [0.05, 0.1) is 6.26 Å². The molecule has 124 valence electrons. The second kappa shape index (κ2) is 7.68. The molecule has 1 aliphatic rings. The standard InChI is InChI=1S/C17H28N2O3/c1-17(2,3)22-16(20)19-14-7-4-6-13(12-14)18-10-9-15-8-5-11-21-15/h5,8,11,13-14,18H,4,6-7,9-10,12H2,1-3H3,(H,19,20). The van der Waals surface area contributed by atoms with E-state index in [1.807, 2.05) is 32.9 Å². The molecule has 1 aliphatic carbocycles. The Balaban J connectivity index is 1.68. The van der Waals surface area contributed by atoms with Crippen molar-refractivity contribution in [1.82, 2.24) is 10.6 Å². The molecule has 2 atom stereocenters. The molecular weight excluding hydrogens is 280 g/mol. The van der Waals surface area contributed by atoms with Crippen LogP contribution in [0.2, 0.25) is 0 Å². The Kier molecular flexibility index (Phi) is 5.89. The lowest BCUT2D eigenvalue weighted by molar-refractivity contribution is 0.0489. The second-order valence-corrected chi connectivity index (χ2v) is 6.99. The van der Waals surface area contributed by atoms with Gasteiger partial charge in [0.1, 0.15) is 11.4 Å². The van der Waals surface area contributed by atoms with E-state index in [0.717, 1.165) is 44.4 Å². The quantitative estimate of drug-likeness (QED) is 0.876. The molecule has 22 heavy (non-hydrogen) atoms. The lowest BCUT2D eigenvalue weighted by Gasteiger charge is -2.31. The lowest BCUT2D eigenvalue weighted by atomic mass is 9.91. The molecule has 2 unspecified atom stereocenters. The second-order valence-electron chi connectivity index (χ2n) is 6.99. The monoisotopic (exact) mass is 308 g/mol. The molecule has 0 spiro atoms. The maximum absolute atomic E-state index is 11.8. The molecule has 1 saturated carbocycles. The van der Waals surface area contributed by atoms with Crippen LogP contribution >= 0.6 is 0 Å². The summed E-state index contributed by atoms with van der Waals surface area (Å²) < 4.78 is 10.7. The topological polar surface area (TPSA) is 63.5 Å². The fourth-order valence-corrected chi connectivity index (χ4v) is 2.83. The molecule has 1 amide bonds. The molecule has 0 aromatic carbocycles. The van der Waals surface area contributed by atoms with Crippen molar-refractivity contribution < 1.29 is 13.9 Å². The smallest absolute Gasteiger partial charge is 0.407 e. The van der Waals surface area contributed by atoms with Gasteiger partial charge in [-0.1, -0.05) is 0 Å². The number of hydrogen-bond donors (Lipinski definition) is 2. The summed E-state index contributed by atoms with van der Waals surface area (Å²) in [5.41, 5.74) is -0.445. The van der Waals surface area contributed by atoms with E-state index in [9.17, 15) is 4.79 Å². The summed E-state index contributed by atoms with van der Waals surface area (Å²) in [6.07, 6.45) is 6.55. The zero-order valence-corrected chi connectivity index (χ0v) is 13.9. The highest BCUT2D eigenvalue weighted by Gasteiger charge is 2.25. The minimum atomic E-state index is -0.445. The van der Waals surface area contributed by atoms with Crippen LogP contribution in [0.25, 0.3) is 0 Å². The van der Waals surface area contributed by atoms with E-state index in [1.54, 1.807) is 6.26 Å². The SMILES string of the molecule is CC(C)(C)OC(=O)NC1CCCC(NCCc2ccco2)C1. The molecule has 2 N–H and O–H groups in total. The molecule has 2 rings (SSSR count). The minimum absolute atomic E-state index is 0.199. The first kappa shape index (κ1) is 16.9. The summed E-state index contributed by atoms with van der Waals surface area (Å²) in [5.74, 6) is 1.01. The molecule has 1 aromatic heterocycles. The van der Waals surface area contributed by atoms with Gasteiger partial charge >= 0.3 is 6.09 Å². The third kappa shape index (κ3) is 6.10. The van der Waals surface area contributed by atoms with E-state index in [4.69, 9.17) is 9.15 Å². The fourth-order valence-electron chi connectivity index (χ4n) is 2.83. The number of alkyl carbamates (subject to hydrolysis) is 1. The highest BCUT2D eigenvalue weighted by Crippen LogP contribution is 2.19. The number of hydrogen-bond acceptors (Lipinski definition) is 4. The van der Waals surface area contributed by atoms with Crippen LogP contribution in [0.5, 0.6) is 0 Å². The summed E-state index contributed by atoms with van der Waals surface area (Å²) in [4.78, 5) is 11.8. The van der Waals surface area contributed by atoms with Gasteiger partial charge in [-0.25, -0.2) is 4.79 Å². The third-order valence-corrected chi connectivity index (χ3v) is 3.78. The third-order valence-electron chi connectivity index (χ3n) is 3.78. The van der Waals surface area contributed by atoms with Crippen molar-refractivity contribution in [3.8, 4) is 0 Å². The normalized spacial score (nSPS) is 22.3. The Labute approximate surface area is 132 Å². The van der Waals surface area contributed by atoms with Gasteiger partial charge in [-0.05, 0) is 58.6 Å². The predicted molar refractivity (Wildman–Crippen MR) is 85.8 cm³/mol. The van der Waals surface area contributed by atoms with Gasteiger partial charge in [0.2, 0.25) is 0 Å². The average molecular weight is 308 g/mol. The minimum Gasteiger partial charge on any atom is -0.469 e. The maximum atomic E-state index is 11.8. The number of furan rings is 1. The van der Waals surface area contributed by atoms with Crippen LogP contribution in [0.1, 0.15) is 52.2 Å². The van der Waals surface area contributed by atoms with Crippen LogP contribution in [-0.2, 0) is 11.2 Å². The van der Waals surface area contributed by atoms with E-state index in [1.165, 1.54) is 0 Å². The van der Waals surface area contributed by atoms with Gasteiger partial charge in [0.25, 0.3) is 0 Å². The number of ether oxygens (including phenoxy) is 1. The maximum Gasteiger partial charge on any atom is 0.407 e. The molecular formula is C17H28N2O3. The highest BCUT2D eigenvalue weighted by molar-refractivity contribution is 5.68. The first-order chi connectivity index (χ1) is 10.4. The largest absolute Gasteiger partial charge is 0.469 e. The first-order valence-electron chi connectivity index (χ1n) is 8.17. The van der Waals surface area contributed by atoms with E-state index in [2.05, 4.69) is 10.6 Å². The van der Waals surface area contributed by atoms with Crippen molar-refractivity contribution in [3.63, 3.8) is 0 Å². The summed E-state index contributed by atoms with van der Waals surface area (Å²) >= 11 is 0. The molecule has 1 aromatic rings. The Morgan fingerprint density at radius 3 is 2.82 bits per heavy atom. The number of rotatable bonds is 5. The zero-order valence-electron chi connectivity index (χ0n) is 13.9. The number of amides is 1. The molecule has 0 saturated heterocycles. The lowest BCUT2D eigenvalue weighted by Crippen LogP contribution is -2.45. The summed E-state index contributed by atoms with van der Waals surface area (Å²) in [6.45, 7) is 6.54. The van der Waals surface area contributed by atoms with Crippen molar-refractivity contribution in [2.45, 2.75) is 70.6 Å². The van der Waals surface area contributed by atoms with E-state index in [0.29, 0.717) is 6.04 Å². The van der Waals surface area contributed by atoms with Gasteiger partial charge in [0.15, 0.2) is 0 Å². The van der Waals surface area contributed by atoms with Gasteiger partial charge in [0, 0.05) is 25.0 Å². The van der Waals surface area contributed by atoms with Crippen molar-refractivity contribution in [3.05, 3.63) is 24.2 Å². The summed E-state index contributed by atoms with van der Waals surface area (Å²) in [7, 11) is 0. The molecule has 0 radical (unpaired) electrons. The molecule has 0 bridgehead atoms. The van der Waals surface area contributed by atoms with Crippen molar-refractivity contribution >= 4 is 6.09 Å². The fraction of sp³-hybridized carbons (Fsp3) is 0.706. The first-order valence-corrected chi connectivity index (χ1v) is 8.17. The molecule has 1 fully saturated rings. The molecule has 0 aliphatic heterocycles. The van der Waals surface area contributed by atoms with Crippen molar-refractivity contribution in [1.29, 1.82) is 0 Å². The average Bonchev–Trinajstić information content (AvgIpc) is 2.90. The van der Waals surface area contributed by atoms with Gasteiger partial charge in [-0.2, -0.15) is 0 Å². The Hall–Kier alpha value is -1.49. The Bertz CT molecular complexity index is 451. The molecule has 5 nitrogen and oxygen atoms in total. The zero-order chi connectivity index (χ0) is 16.0. The van der Waals surface area contributed by atoms with Crippen molar-refractivity contribution in [2.24, 2.45) is 0 Å².